The summed E-state index contributed by atoms with van der Waals surface area (Å²) in [6.45, 7) is 4.67. The van der Waals surface area contributed by atoms with Gasteiger partial charge in [-0.3, -0.25) is 9.69 Å². The third-order valence-electron chi connectivity index (χ3n) is 4.01. The lowest BCUT2D eigenvalue weighted by atomic mass is 10.1. The zero-order chi connectivity index (χ0) is 17.5. The second kappa shape index (κ2) is 9.05. The molecule has 0 atom stereocenters. The van der Waals surface area contributed by atoms with Crippen molar-refractivity contribution < 1.29 is 14.6 Å². The van der Waals surface area contributed by atoms with Crippen molar-refractivity contribution in [1.82, 2.24) is 15.2 Å². The summed E-state index contributed by atoms with van der Waals surface area (Å²) < 4.78 is 5.39. The Morgan fingerprint density at radius 1 is 1.36 bits per heavy atom. The van der Waals surface area contributed by atoms with Gasteiger partial charge in [0.05, 0.1) is 31.9 Å². The van der Waals surface area contributed by atoms with Crippen molar-refractivity contribution in [1.29, 1.82) is 0 Å². The Morgan fingerprint density at radius 2 is 2.20 bits per heavy atom. The van der Waals surface area contributed by atoms with E-state index in [1.165, 1.54) is 5.56 Å². The van der Waals surface area contributed by atoms with Crippen LogP contribution in [0.5, 0.6) is 0 Å². The molecule has 0 saturated carbocycles. The summed E-state index contributed by atoms with van der Waals surface area (Å²) in [4.78, 5) is 18.7. The van der Waals surface area contributed by atoms with E-state index in [9.17, 15) is 4.79 Å². The number of hydrogen-bond acceptors (Lipinski definition) is 6. The Hall–Kier alpha value is -1.80. The fraction of sp³-hybridized carbons (Fsp3) is 0.444. The highest BCUT2D eigenvalue weighted by atomic mass is 32.1. The third kappa shape index (κ3) is 5.34. The van der Waals surface area contributed by atoms with Gasteiger partial charge in [-0.25, -0.2) is 4.98 Å². The number of nitrogens with zero attached hydrogens (tertiary/aromatic N) is 2. The van der Waals surface area contributed by atoms with Crippen LogP contribution in [-0.4, -0.2) is 60.4 Å². The summed E-state index contributed by atoms with van der Waals surface area (Å²) in [5, 5.41) is 14.2. The monoisotopic (exact) mass is 361 g/mol. The number of ether oxygens (including phenoxy) is 1. The van der Waals surface area contributed by atoms with Crippen LogP contribution in [0.1, 0.15) is 11.3 Å². The molecule has 0 bridgehead atoms. The number of aliphatic hydroxyl groups excluding tert-OH is 1. The van der Waals surface area contributed by atoms with Crippen molar-refractivity contribution in [2.45, 2.75) is 13.0 Å². The minimum atomic E-state index is -0.119. The van der Waals surface area contributed by atoms with Gasteiger partial charge >= 0.3 is 0 Å². The van der Waals surface area contributed by atoms with Crippen LogP contribution in [0.2, 0.25) is 0 Å². The quantitative estimate of drug-likeness (QED) is 0.777. The number of nitrogens with one attached hydrogen (secondary N) is 1. The number of amides is 1. The maximum atomic E-state index is 11.7. The van der Waals surface area contributed by atoms with E-state index in [1.807, 2.05) is 5.38 Å². The van der Waals surface area contributed by atoms with Gasteiger partial charge in [0.25, 0.3) is 0 Å². The van der Waals surface area contributed by atoms with E-state index in [0.29, 0.717) is 0 Å². The first-order valence-electron chi connectivity index (χ1n) is 8.46. The van der Waals surface area contributed by atoms with E-state index in [2.05, 4.69) is 39.5 Å². The van der Waals surface area contributed by atoms with Gasteiger partial charge in [-0.15, -0.1) is 11.3 Å². The number of hydrogen-bond donors (Lipinski definition) is 2. The normalized spacial score (nSPS) is 15.2. The van der Waals surface area contributed by atoms with Crippen LogP contribution in [0.15, 0.2) is 29.6 Å². The van der Waals surface area contributed by atoms with Crippen molar-refractivity contribution in [3.63, 3.8) is 0 Å². The van der Waals surface area contributed by atoms with Crippen LogP contribution in [0.3, 0.4) is 0 Å². The fourth-order valence-electron chi connectivity index (χ4n) is 2.76. The highest BCUT2D eigenvalue weighted by Gasteiger charge is 2.12. The van der Waals surface area contributed by atoms with Crippen molar-refractivity contribution in [3.8, 4) is 10.6 Å². The molecule has 134 valence electrons. The topological polar surface area (TPSA) is 74.7 Å². The average molecular weight is 361 g/mol. The van der Waals surface area contributed by atoms with E-state index >= 15 is 0 Å². The van der Waals surface area contributed by atoms with E-state index in [-0.39, 0.29) is 25.5 Å². The number of carbonyl (C=O) groups excluding carboxylic acids is 1. The molecule has 0 spiro atoms. The van der Waals surface area contributed by atoms with E-state index in [4.69, 9.17) is 9.84 Å². The molecule has 1 aliphatic rings. The lowest BCUT2D eigenvalue weighted by Crippen LogP contribution is -2.35. The standard InChI is InChI=1S/C18H23N3O3S/c22-7-4-19-17(23)11-16-13-25-18(20-16)15-3-1-2-14(10-15)12-21-5-8-24-9-6-21/h1-3,10,13,22H,4-9,11-12H2,(H,19,23). The Labute approximate surface area is 151 Å². The van der Waals surface area contributed by atoms with Crippen LogP contribution >= 0.6 is 11.3 Å². The SMILES string of the molecule is O=C(Cc1csc(-c2cccc(CN3CCOCC3)c2)n1)NCCO. The molecule has 2 N–H and O–H groups in total. The smallest absolute Gasteiger partial charge is 0.226 e. The second-order valence-corrected chi connectivity index (χ2v) is 6.84. The molecule has 1 aliphatic heterocycles. The number of aliphatic hydroxyl groups is 1. The van der Waals surface area contributed by atoms with E-state index in [1.54, 1.807) is 11.3 Å². The Morgan fingerprint density at radius 3 is 3.00 bits per heavy atom. The highest BCUT2D eigenvalue weighted by Crippen LogP contribution is 2.25. The van der Waals surface area contributed by atoms with Crippen LogP contribution < -0.4 is 5.32 Å². The predicted molar refractivity (Wildman–Crippen MR) is 97.4 cm³/mol. The van der Waals surface area contributed by atoms with Gasteiger partial charge < -0.3 is 15.2 Å². The molecule has 6 nitrogen and oxygen atoms in total. The molecule has 3 rings (SSSR count). The zero-order valence-electron chi connectivity index (χ0n) is 14.1. The number of benzene rings is 1. The average Bonchev–Trinajstić information content (AvgIpc) is 3.09. The second-order valence-electron chi connectivity index (χ2n) is 5.98. The first-order valence-corrected chi connectivity index (χ1v) is 9.34. The molecule has 2 heterocycles. The van der Waals surface area contributed by atoms with Crippen molar-refractivity contribution in [2.75, 3.05) is 39.5 Å². The largest absolute Gasteiger partial charge is 0.395 e. The molecule has 0 radical (unpaired) electrons. The van der Waals surface area contributed by atoms with Gasteiger partial charge in [0.1, 0.15) is 5.01 Å². The molecule has 1 aromatic heterocycles. The molecule has 2 aromatic rings. The Kier molecular flexibility index (Phi) is 6.52. The number of morpholine rings is 1. The summed E-state index contributed by atoms with van der Waals surface area (Å²) in [6, 6.07) is 8.41. The number of thiazole rings is 1. The summed E-state index contributed by atoms with van der Waals surface area (Å²) in [7, 11) is 0. The third-order valence-corrected chi connectivity index (χ3v) is 4.95. The number of carbonyl (C=O) groups is 1. The van der Waals surface area contributed by atoms with Gasteiger partial charge in [-0.05, 0) is 11.6 Å². The van der Waals surface area contributed by atoms with Crippen molar-refractivity contribution in [3.05, 3.63) is 40.9 Å². The summed E-state index contributed by atoms with van der Waals surface area (Å²) >= 11 is 1.55. The maximum Gasteiger partial charge on any atom is 0.226 e. The molecular formula is C18H23N3O3S. The van der Waals surface area contributed by atoms with Gasteiger partial charge in [0.15, 0.2) is 0 Å². The van der Waals surface area contributed by atoms with Gasteiger partial charge in [0.2, 0.25) is 5.91 Å². The number of aromatic nitrogens is 1. The molecule has 1 fully saturated rings. The molecule has 1 amide bonds. The molecule has 25 heavy (non-hydrogen) atoms. The van der Waals surface area contributed by atoms with E-state index < -0.39 is 0 Å². The van der Waals surface area contributed by atoms with Crippen molar-refractivity contribution >= 4 is 17.2 Å². The highest BCUT2D eigenvalue weighted by molar-refractivity contribution is 7.13. The first-order chi connectivity index (χ1) is 12.2. The van der Waals surface area contributed by atoms with Crippen LogP contribution in [0.25, 0.3) is 10.6 Å². The lowest BCUT2D eigenvalue weighted by molar-refractivity contribution is -0.120. The molecule has 7 heteroatoms. The van der Waals surface area contributed by atoms with E-state index in [0.717, 1.165) is 49.1 Å². The van der Waals surface area contributed by atoms with Gasteiger partial charge in [0, 0.05) is 37.1 Å². The predicted octanol–water partition coefficient (Wildman–Crippen LogP) is 1.29. The molecule has 1 aromatic carbocycles. The Bertz CT molecular complexity index is 698. The van der Waals surface area contributed by atoms with Gasteiger partial charge in [-0.1, -0.05) is 18.2 Å². The van der Waals surface area contributed by atoms with Gasteiger partial charge in [-0.2, -0.15) is 0 Å². The summed E-state index contributed by atoms with van der Waals surface area (Å²) in [5.41, 5.74) is 3.10. The minimum Gasteiger partial charge on any atom is -0.395 e. The first kappa shape index (κ1) is 18.0. The number of rotatable bonds is 7. The maximum absolute atomic E-state index is 11.7. The molecule has 1 saturated heterocycles. The van der Waals surface area contributed by atoms with Crippen LogP contribution in [0, 0.1) is 0 Å². The summed E-state index contributed by atoms with van der Waals surface area (Å²) in [5.74, 6) is -0.119. The van der Waals surface area contributed by atoms with Crippen LogP contribution in [0.4, 0.5) is 0 Å². The van der Waals surface area contributed by atoms with Crippen LogP contribution in [-0.2, 0) is 22.5 Å². The van der Waals surface area contributed by atoms with Crippen molar-refractivity contribution in [2.24, 2.45) is 0 Å². The molecule has 0 unspecified atom stereocenters. The fourth-order valence-corrected chi connectivity index (χ4v) is 3.58. The molecule has 0 aliphatic carbocycles. The summed E-state index contributed by atoms with van der Waals surface area (Å²) in [6.07, 6.45) is 0.240. The minimum absolute atomic E-state index is 0.0516. The Balaban J connectivity index is 1.63. The lowest BCUT2D eigenvalue weighted by Gasteiger charge is -2.26. The zero-order valence-corrected chi connectivity index (χ0v) is 14.9. The molecular weight excluding hydrogens is 338 g/mol.